The van der Waals surface area contributed by atoms with Crippen molar-refractivity contribution in [3.63, 3.8) is 0 Å². The molecule has 1 N–H and O–H groups in total. The summed E-state index contributed by atoms with van der Waals surface area (Å²) in [5.41, 5.74) is 4.71. The number of hydrogen-bond acceptors (Lipinski definition) is 2. The van der Waals surface area contributed by atoms with Gasteiger partial charge in [0.1, 0.15) is 0 Å². The number of aryl methyl sites for hydroxylation is 2. The molecule has 0 saturated heterocycles. The Hall–Kier alpha value is -1.29. The molecule has 108 valence electrons. The summed E-state index contributed by atoms with van der Waals surface area (Å²) in [6.45, 7) is 9.34. The monoisotopic (exact) mass is 335 g/mol. The molecular formula is C16H22BrN3. The Morgan fingerprint density at radius 1 is 1.30 bits per heavy atom. The van der Waals surface area contributed by atoms with Crippen molar-refractivity contribution in [2.75, 3.05) is 5.32 Å². The van der Waals surface area contributed by atoms with Gasteiger partial charge in [0.2, 0.25) is 0 Å². The SMILES string of the molecule is CCC(C)n1ccc(CNc2cc(C)c(Br)c(C)c2)n1. The zero-order valence-corrected chi connectivity index (χ0v) is 14.2. The molecule has 0 saturated carbocycles. The minimum Gasteiger partial charge on any atom is -0.379 e. The first-order valence-corrected chi connectivity index (χ1v) is 7.85. The van der Waals surface area contributed by atoms with E-state index in [0.717, 1.165) is 24.3 Å². The van der Waals surface area contributed by atoms with E-state index in [1.54, 1.807) is 0 Å². The fourth-order valence-corrected chi connectivity index (χ4v) is 2.37. The zero-order valence-electron chi connectivity index (χ0n) is 12.6. The lowest BCUT2D eigenvalue weighted by Gasteiger charge is -2.10. The Morgan fingerprint density at radius 2 is 1.95 bits per heavy atom. The van der Waals surface area contributed by atoms with Crippen molar-refractivity contribution in [2.45, 2.75) is 46.7 Å². The average molecular weight is 336 g/mol. The molecule has 20 heavy (non-hydrogen) atoms. The van der Waals surface area contributed by atoms with E-state index in [0.29, 0.717) is 6.04 Å². The summed E-state index contributed by atoms with van der Waals surface area (Å²) in [6.07, 6.45) is 3.16. The summed E-state index contributed by atoms with van der Waals surface area (Å²) in [5, 5.41) is 8.05. The van der Waals surface area contributed by atoms with E-state index in [1.165, 1.54) is 15.6 Å². The standard InChI is InChI=1S/C16H22BrN3/c1-5-13(4)20-7-6-14(19-20)10-18-15-8-11(2)16(17)12(3)9-15/h6-9,13,18H,5,10H2,1-4H3. The molecule has 2 aromatic rings. The van der Waals surface area contributed by atoms with Crippen LogP contribution in [0.1, 0.15) is 43.1 Å². The largest absolute Gasteiger partial charge is 0.379 e. The highest BCUT2D eigenvalue weighted by Gasteiger charge is 2.06. The summed E-state index contributed by atoms with van der Waals surface area (Å²) in [4.78, 5) is 0. The number of anilines is 1. The summed E-state index contributed by atoms with van der Waals surface area (Å²) >= 11 is 3.59. The van der Waals surface area contributed by atoms with Gasteiger partial charge in [0.25, 0.3) is 0 Å². The lowest BCUT2D eigenvalue weighted by atomic mass is 10.1. The number of nitrogens with one attached hydrogen (secondary N) is 1. The van der Waals surface area contributed by atoms with Crippen LogP contribution < -0.4 is 5.32 Å². The van der Waals surface area contributed by atoms with Gasteiger partial charge in [-0.3, -0.25) is 4.68 Å². The molecule has 1 heterocycles. The fraction of sp³-hybridized carbons (Fsp3) is 0.438. The number of halogens is 1. The third-order valence-electron chi connectivity index (χ3n) is 3.62. The molecule has 4 heteroatoms. The van der Waals surface area contributed by atoms with Crippen LogP contribution in [-0.2, 0) is 6.54 Å². The third kappa shape index (κ3) is 3.42. The zero-order chi connectivity index (χ0) is 14.7. The third-order valence-corrected chi connectivity index (χ3v) is 4.87. The summed E-state index contributed by atoms with van der Waals surface area (Å²) in [6, 6.07) is 6.85. The lowest BCUT2D eigenvalue weighted by Crippen LogP contribution is -2.06. The Kier molecular flexibility index (Phi) is 4.86. The second-order valence-electron chi connectivity index (χ2n) is 5.32. The number of nitrogens with zero attached hydrogens (tertiary/aromatic N) is 2. The van der Waals surface area contributed by atoms with Gasteiger partial charge in [-0.2, -0.15) is 5.10 Å². The maximum Gasteiger partial charge on any atom is 0.0815 e. The molecular weight excluding hydrogens is 314 g/mol. The summed E-state index contributed by atoms with van der Waals surface area (Å²) in [7, 11) is 0. The van der Waals surface area contributed by atoms with Crippen molar-refractivity contribution < 1.29 is 0 Å². The van der Waals surface area contributed by atoms with Crippen molar-refractivity contribution in [3.8, 4) is 0 Å². The van der Waals surface area contributed by atoms with Gasteiger partial charge in [0.15, 0.2) is 0 Å². The predicted octanol–water partition coefficient (Wildman–Crippen LogP) is 4.85. The van der Waals surface area contributed by atoms with Gasteiger partial charge in [-0.1, -0.05) is 22.9 Å². The normalized spacial score (nSPS) is 12.4. The van der Waals surface area contributed by atoms with Gasteiger partial charge in [0.05, 0.1) is 12.2 Å². The minimum atomic E-state index is 0.459. The minimum absolute atomic E-state index is 0.459. The maximum absolute atomic E-state index is 4.60. The van der Waals surface area contributed by atoms with Gasteiger partial charge in [-0.05, 0) is 56.5 Å². The number of benzene rings is 1. The maximum atomic E-state index is 4.60. The van der Waals surface area contributed by atoms with Crippen LogP contribution in [0.5, 0.6) is 0 Å². The second-order valence-corrected chi connectivity index (χ2v) is 6.11. The molecule has 1 aromatic heterocycles. The first kappa shape index (κ1) is 15.1. The van der Waals surface area contributed by atoms with Crippen molar-refractivity contribution in [3.05, 3.63) is 45.7 Å². The van der Waals surface area contributed by atoms with Crippen molar-refractivity contribution in [2.24, 2.45) is 0 Å². The van der Waals surface area contributed by atoms with Gasteiger partial charge < -0.3 is 5.32 Å². The van der Waals surface area contributed by atoms with E-state index in [4.69, 9.17) is 0 Å². The van der Waals surface area contributed by atoms with Crippen LogP contribution in [0.15, 0.2) is 28.9 Å². The topological polar surface area (TPSA) is 29.9 Å². The van der Waals surface area contributed by atoms with Crippen LogP contribution in [-0.4, -0.2) is 9.78 Å². The Bertz CT molecular complexity index is 566. The molecule has 0 radical (unpaired) electrons. The van der Waals surface area contributed by atoms with Crippen LogP contribution in [0.25, 0.3) is 0 Å². The Balaban J connectivity index is 2.03. The van der Waals surface area contributed by atoms with E-state index in [2.05, 4.69) is 78.4 Å². The van der Waals surface area contributed by atoms with Crippen LogP contribution >= 0.6 is 15.9 Å². The fourth-order valence-electron chi connectivity index (χ4n) is 2.14. The Labute approximate surface area is 129 Å². The molecule has 3 nitrogen and oxygen atoms in total. The molecule has 0 amide bonds. The lowest BCUT2D eigenvalue weighted by molar-refractivity contribution is 0.474. The van der Waals surface area contributed by atoms with E-state index in [-0.39, 0.29) is 0 Å². The molecule has 0 spiro atoms. The number of rotatable bonds is 5. The number of aromatic nitrogens is 2. The van der Waals surface area contributed by atoms with Crippen molar-refractivity contribution in [1.82, 2.24) is 9.78 Å². The molecule has 1 unspecified atom stereocenters. The van der Waals surface area contributed by atoms with E-state index in [9.17, 15) is 0 Å². The average Bonchev–Trinajstić information content (AvgIpc) is 2.90. The van der Waals surface area contributed by atoms with Crippen LogP contribution in [0, 0.1) is 13.8 Å². The van der Waals surface area contributed by atoms with E-state index >= 15 is 0 Å². The highest BCUT2D eigenvalue weighted by Crippen LogP contribution is 2.25. The first-order valence-electron chi connectivity index (χ1n) is 7.06. The molecule has 1 atom stereocenters. The Morgan fingerprint density at radius 3 is 2.55 bits per heavy atom. The van der Waals surface area contributed by atoms with Gasteiger partial charge in [-0.25, -0.2) is 0 Å². The van der Waals surface area contributed by atoms with E-state index < -0.39 is 0 Å². The van der Waals surface area contributed by atoms with Gasteiger partial charge >= 0.3 is 0 Å². The highest BCUT2D eigenvalue weighted by atomic mass is 79.9. The van der Waals surface area contributed by atoms with Crippen LogP contribution in [0.4, 0.5) is 5.69 Å². The van der Waals surface area contributed by atoms with Crippen molar-refractivity contribution >= 4 is 21.6 Å². The van der Waals surface area contributed by atoms with Crippen molar-refractivity contribution in [1.29, 1.82) is 0 Å². The molecule has 0 bridgehead atoms. The summed E-state index contributed by atoms with van der Waals surface area (Å²) in [5.74, 6) is 0. The predicted molar refractivity (Wildman–Crippen MR) is 88.2 cm³/mol. The molecule has 0 aliphatic carbocycles. The second kappa shape index (κ2) is 6.44. The van der Waals surface area contributed by atoms with Crippen LogP contribution in [0.2, 0.25) is 0 Å². The molecule has 0 aliphatic heterocycles. The number of hydrogen-bond donors (Lipinski definition) is 1. The summed E-state index contributed by atoms with van der Waals surface area (Å²) < 4.78 is 3.22. The molecule has 0 fully saturated rings. The van der Waals surface area contributed by atoms with Gasteiger partial charge in [0, 0.05) is 22.4 Å². The van der Waals surface area contributed by atoms with Gasteiger partial charge in [-0.15, -0.1) is 0 Å². The first-order chi connectivity index (χ1) is 9.51. The quantitative estimate of drug-likeness (QED) is 0.846. The molecule has 0 aliphatic rings. The van der Waals surface area contributed by atoms with E-state index in [1.807, 2.05) is 4.68 Å². The van der Waals surface area contributed by atoms with Crippen LogP contribution in [0.3, 0.4) is 0 Å². The smallest absolute Gasteiger partial charge is 0.0815 e. The molecule has 2 rings (SSSR count). The molecule has 1 aromatic carbocycles. The highest BCUT2D eigenvalue weighted by molar-refractivity contribution is 9.10.